The third-order valence-electron chi connectivity index (χ3n) is 2.94. The van der Waals surface area contributed by atoms with E-state index in [0.29, 0.717) is 25.1 Å². The number of nitro groups is 1. The molecule has 0 amide bonds. The fourth-order valence-electron chi connectivity index (χ4n) is 1.87. The molecule has 1 aromatic carbocycles. The van der Waals surface area contributed by atoms with Crippen LogP contribution in [-0.2, 0) is 9.53 Å². The highest BCUT2D eigenvalue weighted by Gasteiger charge is 2.18. The van der Waals surface area contributed by atoms with Gasteiger partial charge in [0.25, 0.3) is 0 Å². The number of nitrogens with one attached hydrogen (secondary N) is 1. The maximum absolute atomic E-state index is 11.0. The summed E-state index contributed by atoms with van der Waals surface area (Å²) in [7, 11) is 1.35. The highest BCUT2D eigenvalue weighted by molar-refractivity contribution is 5.69. The summed E-state index contributed by atoms with van der Waals surface area (Å²) in [6.45, 7) is 0.539. The van der Waals surface area contributed by atoms with Gasteiger partial charge in [-0.15, -0.1) is 0 Å². The number of hydrogen-bond donors (Lipinski definition) is 1. The van der Waals surface area contributed by atoms with Gasteiger partial charge >= 0.3 is 11.7 Å². The van der Waals surface area contributed by atoms with Crippen LogP contribution in [0.5, 0.6) is 0 Å². The van der Waals surface area contributed by atoms with Crippen LogP contribution in [-0.4, -0.2) is 24.5 Å². The van der Waals surface area contributed by atoms with E-state index in [1.54, 1.807) is 12.1 Å². The predicted octanol–water partition coefficient (Wildman–Crippen LogP) is 2.61. The standard InChI is InChI=1S/C14H17N3O4/c1-21-13(18)8-3-2-4-9-16-12-7-5-6-11(10-15)14(12)17(19)20/h5-7,16H,2-4,8-9H2,1H3. The first-order valence-electron chi connectivity index (χ1n) is 6.58. The zero-order valence-electron chi connectivity index (χ0n) is 11.8. The second kappa shape index (κ2) is 8.53. The van der Waals surface area contributed by atoms with Gasteiger partial charge in [0, 0.05) is 13.0 Å². The predicted molar refractivity (Wildman–Crippen MR) is 76.8 cm³/mol. The number of benzene rings is 1. The number of esters is 1. The van der Waals surface area contributed by atoms with E-state index < -0.39 is 4.92 Å². The molecule has 0 saturated carbocycles. The Kier molecular flexibility index (Phi) is 6.68. The number of anilines is 1. The average molecular weight is 291 g/mol. The summed E-state index contributed by atoms with van der Waals surface area (Å²) in [5.41, 5.74) is 0.178. The lowest BCUT2D eigenvalue weighted by molar-refractivity contribution is -0.384. The number of ether oxygens (including phenoxy) is 1. The topological polar surface area (TPSA) is 105 Å². The van der Waals surface area contributed by atoms with Gasteiger partial charge in [-0.05, 0) is 25.0 Å². The lowest BCUT2D eigenvalue weighted by Gasteiger charge is -2.07. The van der Waals surface area contributed by atoms with Crippen molar-refractivity contribution in [3.8, 4) is 6.07 Å². The molecular weight excluding hydrogens is 274 g/mol. The molecule has 1 aromatic rings. The Labute approximate surface area is 122 Å². The largest absolute Gasteiger partial charge is 0.469 e. The molecule has 7 heteroatoms. The van der Waals surface area contributed by atoms with Crippen LogP contribution in [0.25, 0.3) is 0 Å². The quantitative estimate of drug-likeness (QED) is 0.341. The molecule has 0 unspecified atom stereocenters. The molecule has 0 aliphatic carbocycles. The van der Waals surface area contributed by atoms with Gasteiger partial charge in [-0.25, -0.2) is 0 Å². The summed E-state index contributed by atoms with van der Waals surface area (Å²) in [5.74, 6) is -0.236. The first kappa shape index (κ1) is 16.4. The van der Waals surface area contributed by atoms with Crippen molar-refractivity contribution >= 4 is 17.3 Å². The second-order valence-corrected chi connectivity index (χ2v) is 4.38. The lowest BCUT2D eigenvalue weighted by Crippen LogP contribution is -2.06. The molecule has 0 radical (unpaired) electrons. The van der Waals surface area contributed by atoms with Crippen molar-refractivity contribution < 1.29 is 14.5 Å². The third-order valence-corrected chi connectivity index (χ3v) is 2.94. The third kappa shape index (κ3) is 5.10. The zero-order valence-corrected chi connectivity index (χ0v) is 11.8. The number of nitro benzene ring substituents is 1. The number of nitrogens with zero attached hydrogens (tertiary/aromatic N) is 2. The van der Waals surface area contributed by atoms with Gasteiger partial charge in [0.2, 0.25) is 0 Å². The summed E-state index contributed by atoms with van der Waals surface area (Å²) < 4.78 is 4.53. The van der Waals surface area contributed by atoms with Crippen molar-refractivity contribution in [2.75, 3.05) is 19.0 Å². The van der Waals surface area contributed by atoms with Crippen LogP contribution in [0.2, 0.25) is 0 Å². The van der Waals surface area contributed by atoms with Crippen LogP contribution in [0.15, 0.2) is 18.2 Å². The van der Waals surface area contributed by atoms with E-state index in [9.17, 15) is 14.9 Å². The Morgan fingerprint density at radius 2 is 2.19 bits per heavy atom. The minimum atomic E-state index is -0.557. The first-order valence-corrected chi connectivity index (χ1v) is 6.58. The molecule has 1 rings (SSSR count). The normalized spacial score (nSPS) is 9.71. The van der Waals surface area contributed by atoms with E-state index in [0.717, 1.165) is 12.8 Å². The number of methoxy groups -OCH3 is 1. The van der Waals surface area contributed by atoms with E-state index in [1.165, 1.54) is 13.2 Å². The summed E-state index contributed by atoms with van der Waals surface area (Å²) in [6, 6.07) is 6.41. The Hall–Kier alpha value is -2.62. The number of carbonyl (C=O) groups is 1. The number of para-hydroxylation sites is 1. The highest BCUT2D eigenvalue weighted by atomic mass is 16.6. The van der Waals surface area contributed by atoms with Crippen LogP contribution in [0.4, 0.5) is 11.4 Å². The molecule has 7 nitrogen and oxygen atoms in total. The smallest absolute Gasteiger partial charge is 0.309 e. The summed E-state index contributed by atoms with van der Waals surface area (Å²) in [6.07, 6.45) is 2.67. The summed E-state index contributed by atoms with van der Waals surface area (Å²) in [5, 5.41) is 22.9. The van der Waals surface area contributed by atoms with Crippen molar-refractivity contribution in [1.82, 2.24) is 0 Å². The summed E-state index contributed by atoms with van der Waals surface area (Å²) >= 11 is 0. The minimum Gasteiger partial charge on any atom is -0.469 e. The van der Waals surface area contributed by atoms with Crippen LogP contribution in [0, 0.1) is 21.4 Å². The summed E-state index contributed by atoms with van der Waals surface area (Å²) in [4.78, 5) is 21.4. The Balaban J connectivity index is 2.48. The lowest BCUT2D eigenvalue weighted by atomic mass is 10.1. The Morgan fingerprint density at radius 1 is 1.43 bits per heavy atom. The number of unbranched alkanes of at least 4 members (excludes halogenated alkanes) is 2. The fourth-order valence-corrected chi connectivity index (χ4v) is 1.87. The van der Waals surface area contributed by atoms with Gasteiger partial charge in [-0.1, -0.05) is 12.5 Å². The Bertz CT molecular complexity index is 552. The van der Waals surface area contributed by atoms with Gasteiger partial charge in [0.1, 0.15) is 17.3 Å². The molecule has 0 aliphatic rings. The second-order valence-electron chi connectivity index (χ2n) is 4.38. The Morgan fingerprint density at radius 3 is 2.81 bits per heavy atom. The average Bonchev–Trinajstić information content (AvgIpc) is 2.49. The zero-order chi connectivity index (χ0) is 15.7. The fraction of sp³-hybridized carbons (Fsp3) is 0.429. The van der Waals surface area contributed by atoms with E-state index in [2.05, 4.69) is 10.1 Å². The van der Waals surface area contributed by atoms with Crippen molar-refractivity contribution in [1.29, 1.82) is 5.26 Å². The van der Waals surface area contributed by atoms with Crippen LogP contribution in [0.1, 0.15) is 31.2 Å². The van der Waals surface area contributed by atoms with Gasteiger partial charge in [0.15, 0.2) is 0 Å². The van der Waals surface area contributed by atoms with Gasteiger partial charge in [-0.3, -0.25) is 14.9 Å². The molecule has 0 atom stereocenters. The van der Waals surface area contributed by atoms with Crippen LogP contribution < -0.4 is 5.32 Å². The molecule has 0 spiro atoms. The molecule has 0 fully saturated rings. The SMILES string of the molecule is COC(=O)CCCCCNc1cccc(C#N)c1[N+](=O)[O-]. The molecule has 0 aromatic heterocycles. The number of rotatable bonds is 8. The first-order chi connectivity index (χ1) is 10.1. The molecule has 0 bridgehead atoms. The van der Waals surface area contributed by atoms with Crippen molar-refractivity contribution in [2.24, 2.45) is 0 Å². The van der Waals surface area contributed by atoms with E-state index >= 15 is 0 Å². The van der Waals surface area contributed by atoms with Gasteiger partial charge < -0.3 is 10.1 Å². The van der Waals surface area contributed by atoms with E-state index in [-0.39, 0.29) is 17.2 Å². The molecule has 0 heterocycles. The molecule has 112 valence electrons. The number of hydrogen-bond acceptors (Lipinski definition) is 6. The van der Waals surface area contributed by atoms with Crippen molar-refractivity contribution in [3.63, 3.8) is 0 Å². The monoisotopic (exact) mass is 291 g/mol. The molecular formula is C14H17N3O4. The number of nitriles is 1. The number of carbonyl (C=O) groups excluding carboxylic acids is 1. The van der Waals surface area contributed by atoms with E-state index in [1.807, 2.05) is 6.07 Å². The van der Waals surface area contributed by atoms with Gasteiger partial charge in [-0.2, -0.15) is 5.26 Å². The van der Waals surface area contributed by atoms with E-state index in [4.69, 9.17) is 5.26 Å². The molecule has 21 heavy (non-hydrogen) atoms. The maximum Gasteiger partial charge on any atom is 0.309 e. The molecule has 0 aliphatic heterocycles. The highest BCUT2D eigenvalue weighted by Crippen LogP contribution is 2.27. The van der Waals surface area contributed by atoms with Crippen LogP contribution >= 0.6 is 0 Å². The molecule has 0 saturated heterocycles. The van der Waals surface area contributed by atoms with Crippen molar-refractivity contribution in [3.05, 3.63) is 33.9 Å². The van der Waals surface area contributed by atoms with Gasteiger partial charge in [0.05, 0.1) is 12.0 Å². The maximum atomic E-state index is 11.0. The van der Waals surface area contributed by atoms with Crippen LogP contribution in [0.3, 0.4) is 0 Å². The molecule has 1 N–H and O–H groups in total. The minimum absolute atomic E-state index is 0.0377. The van der Waals surface area contributed by atoms with Crippen molar-refractivity contribution in [2.45, 2.75) is 25.7 Å².